The molecule has 0 aliphatic rings. The fraction of sp³-hybridized carbons (Fsp3) is 0.217. The first-order chi connectivity index (χ1) is 14.4. The molecule has 1 heterocycles. The van der Waals surface area contributed by atoms with Gasteiger partial charge in [0.1, 0.15) is 16.3 Å². The molecule has 7 heteroatoms. The molecule has 0 aliphatic carbocycles. The third-order valence-electron chi connectivity index (χ3n) is 4.46. The molecule has 0 saturated carbocycles. The molecule has 5 nitrogen and oxygen atoms in total. The molecule has 0 atom stereocenters. The van der Waals surface area contributed by atoms with Crippen molar-refractivity contribution >= 4 is 45.3 Å². The Hall–Kier alpha value is -2.90. The van der Waals surface area contributed by atoms with Crippen LogP contribution in [0.1, 0.15) is 27.7 Å². The lowest BCUT2D eigenvalue weighted by Gasteiger charge is -2.14. The van der Waals surface area contributed by atoms with E-state index in [0.29, 0.717) is 28.0 Å². The Labute approximate surface area is 186 Å². The highest BCUT2D eigenvalue weighted by molar-refractivity contribution is 7.80. The van der Waals surface area contributed by atoms with Gasteiger partial charge in [-0.2, -0.15) is 0 Å². The van der Waals surface area contributed by atoms with Crippen LogP contribution in [0.5, 0.6) is 5.75 Å². The number of hydrogen-bond acceptors (Lipinski definition) is 5. The van der Waals surface area contributed by atoms with Crippen LogP contribution in [-0.2, 0) is 4.74 Å². The highest BCUT2D eigenvalue weighted by Gasteiger charge is 2.25. The summed E-state index contributed by atoms with van der Waals surface area (Å²) in [5.74, 6) is 0.307. The van der Waals surface area contributed by atoms with Crippen LogP contribution in [0.2, 0.25) is 0 Å². The van der Waals surface area contributed by atoms with Crippen LogP contribution in [0.15, 0.2) is 48.5 Å². The molecule has 0 amide bonds. The van der Waals surface area contributed by atoms with Crippen molar-refractivity contribution in [2.45, 2.75) is 20.8 Å². The van der Waals surface area contributed by atoms with Gasteiger partial charge in [0.2, 0.25) is 0 Å². The molecule has 2 aromatic carbocycles. The molecular formula is C23H24N2O3S2. The molecular weight excluding hydrogens is 416 g/mol. The van der Waals surface area contributed by atoms with Crippen molar-refractivity contribution in [3.8, 4) is 16.9 Å². The van der Waals surface area contributed by atoms with Crippen molar-refractivity contribution in [3.05, 3.63) is 64.5 Å². The van der Waals surface area contributed by atoms with Crippen LogP contribution in [0, 0.1) is 13.8 Å². The number of aryl methyl sites for hydroxylation is 2. The molecule has 0 saturated heterocycles. The molecule has 3 aromatic rings. The zero-order chi connectivity index (χ0) is 21.7. The summed E-state index contributed by atoms with van der Waals surface area (Å²) in [6, 6.07) is 15.6. The number of hydrogen-bond donors (Lipinski definition) is 2. The van der Waals surface area contributed by atoms with Crippen LogP contribution in [-0.4, -0.2) is 24.8 Å². The Kier molecular flexibility index (Phi) is 7.07. The van der Waals surface area contributed by atoms with E-state index in [9.17, 15) is 4.79 Å². The topological polar surface area (TPSA) is 59.6 Å². The molecule has 0 spiro atoms. The van der Waals surface area contributed by atoms with Crippen molar-refractivity contribution in [2.75, 3.05) is 24.4 Å². The molecule has 2 N–H and O–H groups in total. The minimum absolute atomic E-state index is 0.296. The number of rotatable bonds is 6. The predicted octanol–water partition coefficient (Wildman–Crippen LogP) is 6.03. The number of thiocarbonyl (C=S) groups is 1. The number of ether oxygens (including phenoxy) is 2. The fourth-order valence-electron chi connectivity index (χ4n) is 3.16. The summed E-state index contributed by atoms with van der Waals surface area (Å²) in [4.78, 5) is 13.8. The number of anilines is 2. The van der Waals surface area contributed by atoms with Gasteiger partial charge < -0.3 is 20.1 Å². The molecule has 0 aliphatic heterocycles. The summed E-state index contributed by atoms with van der Waals surface area (Å²) >= 11 is 7.00. The normalized spacial score (nSPS) is 10.4. The Bertz CT molecular complexity index is 1060. The molecule has 0 radical (unpaired) electrons. The summed E-state index contributed by atoms with van der Waals surface area (Å²) in [6.07, 6.45) is 0. The second-order valence-electron chi connectivity index (χ2n) is 6.61. The van der Waals surface area contributed by atoms with Crippen LogP contribution >= 0.6 is 23.6 Å². The number of carbonyl (C=O) groups is 1. The van der Waals surface area contributed by atoms with E-state index in [1.165, 1.54) is 11.3 Å². The Morgan fingerprint density at radius 2 is 1.83 bits per heavy atom. The number of benzene rings is 2. The molecule has 0 unspecified atom stereocenters. The summed E-state index contributed by atoms with van der Waals surface area (Å²) in [7, 11) is 1.61. The van der Waals surface area contributed by atoms with Gasteiger partial charge in [0, 0.05) is 10.4 Å². The predicted molar refractivity (Wildman–Crippen MR) is 128 cm³/mol. The maximum absolute atomic E-state index is 12.8. The second kappa shape index (κ2) is 9.73. The summed E-state index contributed by atoms with van der Waals surface area (Å²) in [5, 5.41) is 7.36. The fourth-order valence-corrected chi connectivity index (χ4v) is 4.50. The lowest BCUT2D eigenvalue weighted by atomic mass is 10.0. The van der Waals surface area contributed by atoms with Crippen LogP contribution in [0.3, 0.4) is 0 Å². The van der Waals surface area contributed by atoms with E-state index < -0.39 is 0 Å². The first-order valence-corrected chi connectivity index (χ1v) is 10.8. The number of esters is 1. The Morgan fingerprint density at radius 1 is 1.10 bits per heavy atom. The SMILES string of the molecule is CCOC(=O)c1c(NC(=S)Nc2cc(C)ccc2OC)sc(C)c1-c1ccccc1. The standard InChI is InChI=1S/C23H24N2O3S2/c1-5-28-22(26)20-19(16-9-7-6-8-10-16)15(3)30-21(20)25-23(29)24-17-13-14(2)11-12-18(17)27-4/h6-13H,5H2,1-4H3,(H2,24,25,29). The number of methoxy groups -OCH3 is 1. The van der Waals surface area contributed by atoms with Gasteiger partial charge in [-0.05, 0) is 56.2 Å². The average molecular weight is 441 g/mol. The lowest BCUT2D eigenvalue weighted by molar-refractivity contribution is 0.0529. The summed E-state index contributed by atoms with van der Waals surface area (Å²) in [6.45, 7) is 6.07. The highest BCUT2D eigenvalue weighted by Crippen LogP contribution is 2.40. The van der Waals surface area contributed by atoms with Crippen molar-refractivity contribution in [2.24, 2.45) is 0 Å². The van der Waals surface area contributed by atoms with Gasteiger partial charge in [-0.25, -0.2) is 4.79 Å². The molecule has 3 rings (SSSR count). The minimum atomic E-state index is -0.376. The molecule has 30 heavy (non-hydrogen) atoms. The summed E-state index contributed by atoms with van der Waals surface area (Å²) in [5.41, 5.74) is 4.14. The Balaban J connectivity index is 1.95. The van der Waals surface area contributed by atoms with Gasteiger partial charge in [-0.15, -0.1) is 11.3 Å². The minimum Gasteiger partial charge on any atom is -0.495 e. The first-order valence-electron chi connectivity index (χ1n) is 9.53. The maximum atomic E-state index is 12.8. The van der Waals surface area contributed by atoms with Crippen LogP contribution in [0.25, 0.3) is 11.1 Å². The van der Waals surface area contributed by atoms with E-state index in [1.54, 1.807) is 14.0 Å². The van der Waals surface area contributed by atoms with E-state index in [-0.39, 0.29) is 5.97 Å². The lowest BCUT2D eigenvalue weighted by Crippen LogP contribution is -2.20. The smallest absolute Gasteiger partial charge is 0.341 e. The van der Waals surface area contributed by atoms with Gasteiger partial charge in [0.05, 0.1) is 19.4 Å². The van der Waals surface area contributed by atoms with Crippen molar-refractivity contribution in [3.63, 3.8) is 0 Å². The van der Waals surface area contributed by atoms with Gasteiger partial charge in [0.25, 0.3) is 0 Å². The molecule has 1 aromatic heterocycles. The van der Waals surface area contributed by atoms with Gasteiger partial charge in [0.15, 0.2) is 5.11 Å². The van der Waals surface area contributed by atoms with E-state index >= 15 is 0 Å². The van der Waals surface area contributed by atoms with Crippen LogP contribution in [0.4, 0.5) is 10.7 Å². The summed E-state index contributed by atoms with van der Waals surface area (Å²) < 4.78 is 10.7. The highest BCUT2D eigenvalue weighted by atomic mass is 32.1. The molecule has 0 fully saturated rings. The van der Waals surface area contributed by atoms with E-state index in [0.717, 1.165) is 27.3 Å². The zero-order valence-corrected chi connectivity index (χ0v) is 19.0. The number of thiophene rings is 1. The quantitative estimate of drug-likeness (QED) is 0.361. The average Bonchev–Trinajstić information content (AvgIpc) is 3.04. The van der Waals surface area contributed by atoms with Gasteiger partial charge in [-0.3, -0.25) is 0 Å². The molecule has 0 bridgehead atoms. The van der Waals surface area contributed by atoms with E-state index in [4.69, 9.17) is 21.7 Å². The third-order valence-corrected chi connectivity index (χ3v) is 5.68. The maximum Gasteiger partial charge on any atom is 0.341 e. The largest absolute Gasteiger partial charge is 0.495 e. The van der Waals surface area contributed by atoms with Crippen molar-refractivity contribution in [1.29, 1.82) is 0 Å². The number of nitrogens with one attached hydrogen (secondary N) is 2. The van der Waals surface area contributed by atoms with E-state index in [2.05, 4.69) is 10.6 Å². The monoisotopic (exact) mass is 440 g/mol. The van der Waals surface area contributed by atoms with Crippen molar-refractivity contribution in [1.82, 2.24) is 0 Å². The van der Waals surface area contributed by atoms with E-state index in [1.807, 2.05) is 62.4 Å². The van der Waals surface area contributed by atoms with Crippen LogP contribution < -0.4 is 15.4 Å². The molecule has 156 valence electrons. The van der Waals surface area contributed by atoms with Crippen molar-refractivity contribution < 1.29 is 14.3 Å². The van der Waals surface area contributed by atoms with Gasteiger partial charge >= 0.3 is 5.97 Å². The number of carbonyl (C=O) groups excluding carboxylic acids is 1. The second-order valence-corrected chi connectivity index (χ2v) is 8.24. The Morgan fingerprint density at radius 3 is 2.50 bits per heavy atom. The first kappa shape index (κ1) is 21.8. The zero-order valence-electron chi connectivity index (χ0n) is 17.4. The van der Waals surface area contributed by atoms with Gasteiger partial charge in [-0.1, -0.05) is 36.4 Å². The third kappa shape index (κ3) is 4.80.